The third-order valence-corrected chi connectivity index (χ3v) is 5.80. The number of likely N-dealkylation sites (tertiary alicyclic amines) is 1. The fraction of sp³-hybridized carbons (Fsp3) is 0.619. The average molecular weight is 432 g/mol. The quantitative estimate of drug-likeness (QED) is 0.686. The zero-order valence-corrected chi connectivity index (χ0v) is 17.1. The molecule has 1 aliphatic heterocycles. The molecule has 2 aliphatic rings. The summed E-state index contributed by atoms with van der Waals surface area (Å²) in [5.74, 6) is -1.31. The number of halogens is 4. The summed E-state index contributed by atoms with van der Waals surface area (Å²) >= 11 is 0. The van der Waals surface area contributed by atoms with Crippen molar-refractivity contribution in [3.63, 3.8) is 0 Å². The van der Waals surface area contributed by atoms with Crippen LogP contribution in [0, 0.1) is 23.6 Å². The molecule has 2 unspecified atom stereocenters. The van der Waals surface area contributed by atoms with Crippen LogP contribution < -0.4 is 5.32 Å². The van der Waals surface area contributed by atoms with Crippen LogP contribution in [0.4, 0.5) is 23.2 Å². The van der Waals surface area contributed by atoms with E-state index in [4.69, 9.17) is 9.90 Å². The first kappa shape index (κ1) is 24.1. The Morgan fingerprint density at radius 2 is 1.77 bits per heavy atom. The van der Waals surface area contributed by atoms with Crippen LogP contribution in [0.3, 0.4) is 0 Å². The number of rotatable bonds is 4. The molecule has 1 saturated heterocycles. The number of carbonyl (C=O) groups excluding carboxylic acids is 1. The van der Waals surface area contributed by atoms with Crippen LogP contribution in [-0.2, 0) is 9.59 Å². The Morgan fingerprint density at radius 3 is 2.23 bits per heavy atom. The summed E-state index contributed by atoms with van der Waals surface area (Å²) in [6.07, 6.45) is -0.754. The van der Waals surface area contributed by atoms with Gasteiger partial charge in [-0.15, -0.1) is 0 Å². The van der Waals surface area contributed by atoms with E-state index in [1.54, 1.807) is 12.1 Å². The molecule has 9 heteroatoms. The van der Waals surface area contributed by atoms with E-state index in [-0.39, 0.29) is 11.7 Å². The molecule has 1 heterocycles. The second-order valence-corrected chi connectivity index (χ2v) is 8.23. The Balaban J connectivity index is 0.000000396. The van der Waals surface area contributed by atoms with Crippen LogP contribution in [-0.4, -0.2) is 47.2 Å². The summed E-state index contributed by atoms with van der Waals surface area (Å²) in [7, 11) is 0. The number of piperidine rings is 1. The van der Waals surface area contributed by atoms with E-state index < -0.39 is 12.1 Å². The van der Waals surface area contributed by atoms with Crippen molar-refractivity contribution in [1.82, 2.24) is 4.90 Å². The third-order valence-electron chi connectivity index (χ3n) is 5.80. The molecule has 0 radical (unpaired) electrons. The number of carboxylic acids is 1. The predicted octanol–water partition coefficient (Wildman–Crippen LogP) is 4.54. The third kappa shape index (κ3) is 6.97. The zero-order valence-electron chi connectivity index (χ0n) is 17.1. The number of aliphatic carboxylic acids is 1. The van der Waals surface area contributed by atoms with Gasteiger partial charge in [0.1, 0.15) is 5.82 Å². The van der Waals surface area contributed by atoms with Gasteiger partial charge in [0, 0.05) is 31.2 Å². The fourth-order valence-corrected chi connectivity index (χ4v) is 4.33. The highest BCUT2D eigenvalue weighted by Gasteiger charge is 2.40. The van der Waals surface area contributed by atoms with E-state index in [0.717, 1.165) is 13.1 Å². The molecule has 2 fully saturated rings. The van der Waals surface area contributed by atoms with Crippen LogP contribution in [0.2, 0.25) is 0 Å². The molecule has 3 rings (SSSR count). The summed E-state index contributed by atoms with van der Waals surface area (Å²) in [4.78, 5) is 23.9. The van der Waals surface area contributed by atoms with Gasteiger partial charge in [0.15, 0.2) is 0 Å². The Bertz CT molecular complexity index is 725. The highest BCUT2D eigenvalue weighted by Crippen LogP contribution is 2.42. The molecule has 5 nitrogen and oxygen atoms in total. The van der Waals surface area contributed by atoms with E-state index in [1.165, 1.54) is 31.4 Å². The van der Waals surface area contributed by atoms with Gasteiger partial charge in [-0.1, -0.05) is 12.5 Å². The van der Waals surface area contributed by atoms with Gasteiger partial charge < -0.3 is 15.3 Å². The molecule has 30 heavy (non-hydrogen) atoms. The van der Waals surface area contributed by atoms with Crippen LogP contribution >= 0.6 is 0 Å². The lowest BCUT2D eigenvalue weighted by Crippen LogP contribution is -2.51. The van der Waals surface area contributed by atoms with E-state index >= 15 is 0 Å². The standard InChI is InChI=1S/C19H27FN2O.C2HF3O2/c1-13(2)22-11-14-5-3-6-15(12-22)18(14)10-19(23)21-17-8-4-7-16(20)9-17;3-2(4,5)1(6)7/h4,7-9,13-15,18H,3,5-6,10-12H2,1-2H3,(H,21,23);(H,6,7). The lowest BCUT2D eigenvalue weighted by atomic mass is 9.67. The second-order valence-electron chi connectivity index (χ2n) is 8.23. The van der Waals surface area contributed by atoms with Crippen LogP contribution in [0.1, 0.15) is 39.5 Å². The molecule has 1 amide bonds. The Kier molecular flexibility index (Phi) is 8.23. The molecule has 2 N–H and O–H groups in total. The van der Waals surface area contributed by atoms with Crippen molar-refractivity contribution < 1.29 is 32.3 Å². The van der Waals surface area contributed by atoms with Crippen molar-refractivity contribution >= 4 is 17.6 Å². The zero-order chi connectivity index (χ0) is 22.5. The van der Waals surface area contributed by atoms with E-state index in [0.29, 0.717) is 35.9 Å². The molecular formula is C21H28F4N2O3. The number of nitrogens with zero attached hydrogens (tertiary/aromatic N) is 1. The maximum Gasteiger partial charge on any atom is 0.490 e. The highest BCUT2D eigenvalue weighted by atomic mass is 19.4. The number of carbonyl (C=O) groups is 2. The Morgan fingerprint density at radius 1 is 1.20 bits per heavy atom. The second kappa shape index (κ2) is 10.2. The number of nitrogens with one attached hydrogen (secondary N) is 1. The van der Waals surface area contributed by atoms with Crippen molar-refractivity contribution in [2.24, 2.45) is 17.8 Å². The van der Waals surface area contributed by atoms with Crippen molar-refractivity contribution in [2.75, 3.05) is 18.4 Å². The lowest BCUT2D eigenvalue weighted by molar-refractivity contribution is -0.192. The molecule has 0 spiro atoms. The van der Waals surface area contributed by atoms with Crippen LogP contribution in [0.5, 0.6) is 0 Å². The summed E-state index contributed by atoms with van der Waals surface area (Å²) in [6.45, 7) is 6.75. The van der Waals surface area contributed by atoms with Gasteiger partial charge in [-0.2, -0.15) is 13.2 Å². The maximum atomic E-state index is 13.2. The van der Waals surface area contributed by atoms with Crippen LogP contribution in [0.15, 0.2) is 24.3 Å². The van der Waals surface area contributed by atoms with Gasteiger partial charge in [0.2, 0.25) is 5.91 Å². The summed E-state index contributed by atoms with van der Waals surface area (Å²) < 4.78 is 45.0. The number of anilines is 1. The molecule has 1 saturated carbocycles. The van der Waals surface area contributed by atoms with Gasteiger partial charge in [0.25, 0.3) is 0 Å². The van der Waals surface area contributed by atoms with Crippen molar-refractivity contribution in [3.8, 4) is 0 Å². The number of amides is 1. The topological polar surface area (TPSA) is 69.6 Å². The van der Waals surface area contributed by atoms with E-state index in [9.17, 15) is 22.4 Å². The van der Waals surface area contributed by atoms with Gasteiger partial charge in [-0.3, -0.25) is 4.79 Å². The smallest absolute Gasteiger partial charge is 0.475 e. The first-order valence-electron chi connectivity index (χ1n) is 10.1. The number of carboxylic acid groups (broad SMARTS) is 1. The Labute approximate surface area is 173 Å². The summed E-state index contributed by atoms with van der Waals surface area (Å²) in [6, 6.07) is 6.71. The number of fused-ring (bicyclic) bond motifs is 2. The average Bonchev–Trinajstić information content (AvgIpc) is 2.60. The SMILES string of the molecule is CC(C)N1CC2CCCC(C1)C2CC(=O)Nc1cccc(F)c1.O=C(O)C(F)(F)F. The maximum absolute atomic E-state index is 13.2. The van der Waals surface area contributed by atoms with Crippen molar-refractivity contribution in [2.45, 2.75) is 51.7 Å². The van der Waals surface area contributed by atoms with Crippen molar-refractivity contribution in [3.05, 3.63) is 30.1 Å². The van der Waals surface area contributed by atoms with Gasteiger partial charge in [-0.05, 0) is 62.6 Å². The minimum atomic E-state index is -5.08. The molecule has 1 aliphatic carbocycles. The molecule has 1 aromatic rings. The summed E-state index contributed by atoms with van der Waals surface area (Å²) in [5.41, 5.74) is 0.555. The number of alkyl halides is 3. The summed E-state index contributed by atoms with van der Waals surface area (Å²) in [5, 5.41) is 9.99. The minimum Gasteiger partial charge on any atom is -0.475 e. The van der Waals surface area contributed by atoms with E-state index in [2.05, 4.69) is 24.1 Å². The molecule has 0 aromatic heterocycles. The first-order chi connectivity index (χ1) is 14.0. The lowest BCUT2D eigenvalue weighted by Gasteiger charge is -2.48. The van der Waals surface area contributed by atoms with E-state index in [1.807, 2.05) is 0 Å². The Hall–Kier alpha value is -2.16. The number of hydrogen-bond donors (Lipinski definition) is 2. The van der Waals surface area contributed by atoms with Crippen LogP contribution in [0.25, 0.3) is 0 Å². The minimum absolute atomic E-state index is 0.0236. The molecule has 2 atom stereocenters. The molecule has 168 valence electrons. The van der Waals surface area contributed by atoms with Gasteiger partial charge >= 0.3 is 12.1 Å². The number of hydrogen-bond acceptors (Lipinski definition) is 3. The van der Waals surface area contributed by atoms with Gasteiger partial charge in [0.05, 0.1) is 0 Å². The number of benzene rings is 1. The van der Waals surface area contributed by atoms with Crippen molar-refractivity contribution in [1.29, 1.82) is 0 Å². The predicted molar refractivity (Wildman–Crippen MR) is 104 cm³/mol. The highest BCUT2D eigenvalue weighted by molar-refractivity contribution is 5.90. The molecule has 2 bridgehead atoms. The monoisotopic (exact) mass is 432 g/mol. The normalized spacial score (nSPS) is 24.0. The largest absolute Gasteiger partial charge is 0.490 e. The molecule has 1 aromatic carbocycles. The van der Waals surface area contributed by atoms with Gasteiger partial charge in [-0.25, -0.2) is 9.18 Å². The molecular weight excluding hydrogens is 404 g/mol. The fourth-order valence-electron chi connectivity index (χ4n) is 4.33. The first-order valence-corrected chi connectivity index (χ1v) is 10.1.